The van der Waals surface area contributed by atoms with Crippen molar-refractivity contribution in [3.05, 3.63) is 33.3 Å². The standard InChI is InChI=1S/C16H20Br2ClNOS/c1-15(2,3)14(22)20-13(16(7-17)8-21-9-16)10-4-11(18)6-12(19)5-10/h4-6,13H,7-9H2,1-3H3,(H,20,22). The molecule has 6 heteroatoms. The lowest BCUT2D eigenvalue weighted by molar-refractivity contribution is -0.115. The Morgan fingerprint density at radius 2 is 2.05 bits per heavy atom. The Kier molecular flexibility index (Phi) is 5.98. The topological polar surface area (TPSA) is 21.3 Å². The third-order valence-electron chi connectivity index (χ3n) is 3.83. The molecule has 0 radical (unpaired) electrons. The van der Waals surface area contributed by atoms with Crippen molar-refractivity contribution in [2.75, 3.05) is 18.5 Å². The summed E-state index contributed by atoms with van der Waals surface area (Å²) in [6.45, 7) is 7.75. The minimum Gasteiger partial charge on any atom is -0.380 e. The summed E-state index contributed by atoms with van der Waals surface area (Å²) < 4.78 is 6.47. The van der Waals surface area contributed by atoms with E-state index in [1.807, 2.05) is 12.1 Å². The second-order valence-corrected chi connectivity index (χ2v) is 9.17. The molecule has 1 saturated heterocycles. The molecule has 1 fully saturated rings. The Balaban J connectivity index is 2.39. The van der Waals surface area contributed by atoms with Crippen LogP contribution in [0.3, 0.4) is 0 Å². The van der Waals surface area contributed by atoms with Crippen molar-refractivity contribution in [2.24, 2.45) is 10.8 Å². The number of thiocarbonyl (C=S) groups is 1. The van der Waals surface area contributed by atoms with Crippen LogP contribution in [0.15, 0.2) is 22.7 Å². The monoisotopic (exact) mass is 467 g/mol. The van der Waals surface area contributed by atoms with Crippen LogP contribution in [0.4, 0.5) is 0 Å². The number of nitrogens with one attached hydrogen (secondary N) is 1. The lowest BCUT2D eigenvalue weighted by Crippen LogP contribution is -2.55. The van der Waals surface area contributed by atoms with Crippen LogP contribution >= 0.6 is 55.7 Å². The van der Waals surface area contributed by atoms with Gasteiger partial charge in [-0.25, -0.2) is 0 Å². The molecule has 0 spiro atoms. The summed E-state index contributed by atoms with van der Waals surface area (Å²) in [6.07, 6.45) is 0. The van der Waals surface area contributed by atoms with Crippen molar-refractivity contribution in [1.82, 2.24) is 5.32 Å². The predicted molar refractivity (Wildman–Crippen MR) is 104 cm³/mol. The molecule has 1 aromatic rings. The Labute approximate surface area is 159 Å². The molecule has 1 N–H and O–H groups in total. The van der Waals surface area contributed by atoms with Crippen LogP contribution in [0.5, 0.6) is 0 Å². The van der Waals surface area contributed by atoms with E-state index >= 15 is 0 Å². The van der Waals surface area contributed by atoms with Gasteiger partial charge in [0.2, 0.25) is 0 Å². The molecule has 1 atom stereocenters. The zero-order valence-electron chi connectivity index (χ0n) is 12.9. The average Bonchev–Trinajstić information content (AvgIpc) is 2.34. The van der Waals surface area contributed by atoms with Crippen LogP contribution in [0, 0.1) is 10.8 Å². The zero-order valence-corrected chi connectivity index (χ0v) is 17.6. The summed E-state index contributed by atoms with van der Waals surface area (Å²) in [4.78, 5) is 0.848. The van der Waals surface area contributed by atoms with Crippen LogP contribution in [0.2, 0.25) is 5.02 Å². The molecule has 0 bridgehead atoms. The van der Waals surface area contributed by atoms with Gasteiger partial charge in [-0.15, -0.1) is 0 Å². The fraction of sp³-hybridized carbons (Fsp3) is 0.562. The first-order valence-corrected chi connectivity index (χ1v) is 9.79. The van der Waals surface area contributed by atoms with Gasteiger partial charge in [0.25, 0.3) is 0 Å². The molecule has 1 aliphatic rings. The van der Waals surface area contributed by atoms with Crippen LogP contribution in [-0.2, 0) is 4.74 Å². The van der Waals surface area contributed by atoms with E-state index in [4.69, 9.17) is 28.6 Å². The largest absolute Gasteiger partial charge is 0.380 e. The van der Waals surface area contributed by atoms with E-state index in [9.17, 15) is 0 Å². The fourth-order valence-corrected chi connectivity index (χ4v) is 4.02. The van der Waals surface area contributed by atoms with Gasteiger partial charge in [-0.2, -0.15) is 0 Å². The second-order valence-electron chi connectivity index (χ2n) is 6.85. The summed E-state index contributed by atoms with van der Waals surface area (Å²) in [5, 5.41) is 5.12. The molecule has 0 saturated carbocycles. The molecule has 122 valence electrons. The number of benzene rings is 1. The maximum Gasteiger partial charge on any atom is 0.0812 e. The maximum atomic E-state index is 6.24. The van der Waals surface area contributed by atoms with Crippen LogP contribution < -0.4 is 5.32 Å². The normalized spacial score (nSPS) is 18.5. The second kappa shape index (κ2) is 7.06. The lowest BCUT2D eigenvalue weighted by Gasteiger charge is -2.47. The summed E-state index contributed by atoms with van der Waals surface area (Å²) in [6, 6.07) is 6.04. The number of halogens is 3. The molecule has 1 unspecified atom stereocenters. The molecule has 0 amide bonds. The van der Waals surface area contributed by atoms with Gasteiger partial charge >= 0.3 is 0 Å². The molecule has 0 aliphatic carbocycles. The third-order valence-corrected chi connectivity index (χ3v) is 6.36. The van der Waals surface area contributed by atoms with Gasteiger partial charge in [0.05, 0.1) is 29.7 Å². The van der Waals surface area contributed by atoms with Crippen molar-refractivity contribution in [3.8, 4) is 0 Å². The summed E-state index contributed by atoms with van der Waals surface area (Å²) in [7, 11) is 0. The summed E-state index contributed by atoms with van der Waals surface area (Å²) in [5.74, 6) is 0. The highest BCUT2D eigenvalue weighted by atomic mass is 79.9. The van der Waals surface area contributed by atoms with E-state index in [0.717, 1.165) is 20.4 Å². The molecular weight excluding hydrogens is 450 g/mol. The molecule has 1 heterocycles. The smallest absolute Gasteiger partial charge is 0.0812 e. The van der Waals surface area contributed by atoms with E-state index in [-0.39, 0.29) is 16.9 Å². The number of hydrogen-bond acceptors (Lipinski definition) is 2. The highest BCUT2D eigenvalue weighted by molar-refractivity contribution is 9.10. The maximum absolute atomic E-state index is 6.24. The van der Waals surface area contributed by atoms with Gasteiger partial charge in [0, 0.05) is 20.2 Å². The highest BCUT2D eigenvalue weighted by Crippen LogP contribution is 2.43. The number of hydrogen-bond donors (Lipinski definition) is 1. The third kappa shape index (κ3) is 4.04. The number of rotatable bonds is 4. The molecule has 1 aromatic carbocycles. The molecule has 22 heavy (non-hydrogen) atoms. The van der Waals surface area contributed by atoms with E-state index in [1.165, 1.54) is 0 Å². The lowest BCUT2D eigenvalue weighted by atomic mass is 9.76. The van der Waals surface area contributed by atoms with E-state index in [0.29, 0.717) is 18.2 Å². The number of ether oxygens (including phenoxy) is 1. The van der Waals surface area contributed by atoms with Crippen molar-refractivity contribution < 1.29 is 4.74 Å². The van der Waals surface area contributed by atoms with Crippen LogP contribution in [0.25, 0.3) is 0 Å². The first-order valence-electron chi connectivity index (χ1n) is 7.09. The van der Waals surface area contributed by atoms with Gasteiger partial charge < -0.3 is 10.1 Å². The quantitative estimate of drug-likeness (QED) is 0.464. The predicted octanol–water partition coefficient (Wildman–Crippen LogP) is 5.52. The van der Waals surface area contributed by atoms with Gasteiger partial charge in [0.15, 0.2) is 0 Å². The Morgan fingerprint density at radius 3 is 2.45 bits per heavy atom. The first kappa shape index (κ1) is 18.7. The van der Waals surface area contributed by atoms with Crippen molar-refractivity contribution >= 4 is 60.7 Å². The Hall–Kier alpha value is 0.320. The van der Waals surface area contributed by atoms with Gasteiger partial charge in [-0.1, -0.05) is 76.4 Å². The van der Waals surface area contributed by atoms with Crippen molar-refractivity contribution in [2.45, 2.75) is 26.8 Å². The van der Waals surface area contributed by atoms with E-state index < -0.39 is 0 Å². The van der Waals surface area contributed by atoms with E-state index in [1.54, 1.807) is 0 Å². The fourth-order valence-electron chi connectivity index (χ4n) is 2.36. The molecular formula is C16H20Br2ClNOS. The molecule has 2 rings (SSSR count). The first-order chi connectivity index (χ1) is 10.2. The zero-order chi connectivity index (χ0) is 16.5. The average molecular weight is 470 g/mol. The summed E-state index contributed by atoms with van der Waals surface area (Å²) >= 11 is 19.0. The Morgan fingerprint density at radius 1 is 1.41 bits per heavy atom. The van der Waals surface area contributed by atoms with Gasteiger partial charge in [-0.3, -0.25) is 0 Å². The van der Waals surface area contributed by atoms with Gasteiger partial charge in [0.1, 0.15) is 0 Å². The minimum atomic E-state index is -0.0818. The number of alkyl halides is 1. The Bertz CT molecular complexity index is 544. The SMILES string of the molecule is CC(C)(C)C(=S)NC(c1cc(Cl)cc(Br)c1)C1(CBr)COC1. The van der Waals surface area contributed by atoms with Crippen molar-refractivity contribution in [3.63, 3.8) is 0 Å². The molecule has 1 aliphatic heterocycles. The van der Waals surface area contributed by atoms with Crippen LogP contribution in [-0.4, -0.2) is 23.5 Å². The minimum absolute atomic E-state index is 0.0145. The van der Waals surface area contributed by atoms with Crippen LogP contribution in [0.1, 0.15) is 32.4 Å². The molecule has 0 aromatic heterocycles. The van der Waals surface area contributed by atoms with Gasteiger partial charge in [-0.05, 0) is 23.8 Å². The van der Waals surface area contributed by atoms with Crippen molar-refractivity contribution in [1.29, 1.82) is 0 Å². The van der Waals surface area contributed by atoms with E-state index in [2.05, 4.69) is 64.0 Å². The summed E-state index contributed by atoms with van der Waals surface area (Å²) in [5.41, 5.74) is 1.02. The highest BCUT2D eigenvalue weighted by Gasteiger charge is 2.46. The molecule has 2 nitrogen and oxygen atoms in total.